The van der Waals surface area contributed by atoms with Gasteiger partial charge in [-0.3, -0.25) is 14.0 Å². The summed E-state index contributed by atoms with van der Waals surface area (Å²) in [6.07, 6.45) is 8.19. The van der Waals surface area contributed by atoms with Crippen LogP contribution < -0.4 is 11.1 Å². The van der Waals surface area contributed by atoms with Gasteiger partial charge in [0.2, 0.25) is 0 Å². The van der Waals surface area contributed by atoms with E-state index in [2.05, 4.69) is 10.3 Å². The fraction of sp³-hybridized carbons (Fsp3) is 0.625. The van der Waals surface area contributed by atoms with Crippen LogP contribution in [0.25, 0.3) is 5.65 Å². The number of aromatic nitrogens is 2. The maximum atomic E-state index is 13.3. The molecule has 0 radical (unpaired) electrons. The Morgan fingerprint density at radius 3 is 2.45 bits per heavy atom. The molecule has 1 unspecified atom stereocenters. The van der Waals surface area contributed by atoms with Crippen LogP contribution in [-0.2, 0) is 6.42 Å². The lowest BCUT2D eigenvalue weighted by atomic mass is 9.49. The van der Waals surface area contributed by atoms with Crippen LogP contribution in [0.1, 0.15) is 78.5 Å². The molecule has 2 heterocycles. The summed E-state index contributed by atoms with van der Waals surface area (Å²) in [5, 5.41) is 13.0. The Hall–Kier alpha value is -2.41. The zero-order chi connectivity index (χ0) is 21.8. The Morgan fingerprint density at radius 2 is 1.87 bits per heavy atom. The molecule has 31 heavy (non-hydrogen) atoms. The van der Waals surface area contributed by atoms with Crippen LogP contribution in [0.2, 0.25) is 0 Å². The number of aliphatic hydroxyl groups excluding tert-OH is 1. The van der Waals surface area contributed by atoms with Gasteiger partial charge in [0.05, 0.1) is 11.8 Å². The lowest BCUT2D eigenvalue weighted by molar-refractivity contribution is -0.0503. The Balaban J connectivity index is 1.41. The molecule has 0 saturated heterocycles. The number of aryl methyl sites for hydroxylation is 1. The molecular formula is C24H32N4O3. The highest BCUT2D eigenvalue weighted by molar-refractivity contribution is 5.96. The number of imidazole rings is 1. The van der Waals surface area contributed by atoms with Crippen molar-refractivity contribution < 1.29 is 14.7 Å². The largest absolute Gasteiger partial charge is 0.393 e. The first-order valence-electron chi connectivity index (χ1n) is 11.6. The monoisotopic (exact) mass is 424 g/mol. The number of amides is 2. The van der Waals surface area contributed by atoms with E-state index >= 15 is 0 Å². The van der Waals surface area contributed by atoms with E-state index in [1.165, 1.54) is 38.5 Å². The fourth-order valence-electron chi connectivity index (χ4n) is 6.97. The summed E-state index contributed by atoms with van der Waals surface area (Å²) in [6, 6.07) is 5.32. The van der Waals surface area contributed by atoms with Gasteiger partial charge in [0, 0.05) is 6.54 Å². The lowest BCUT2D eigenvalue weighted by Gasteiger charge is -2.56. The summed E-state index contributed by atoms with van der Waals surface area (Å²) in [4.78, 5) is 29.7. The number of aliphatic hydroxyl groups is 1. The molecule has 0 aliphatic heterocycles. The Bertz CT molecular complexity index is 990. The minimum atomic E-state index is -0.621. The van der Waals surface area contributed by atoms with E-state index in [0.717, 1.165) is 17.8 Å². The van der Waals surface area contributed by atoms with E-state index in [1.807, 2.05) is 0 Å². The first-order chi connectivity index (χ1) is 14.8. The van der Waals surface area contributed by atoms with Crippen LogP contribution in [0.3, 0.4) is 0 Å². The number of hydrogen-bond acceptors (Lipinski definition) is 4. The third kappa shape index (κ3) is 3.73. The standard InChI is InChI=1S/C24H32N4O3/c1-14(29)5-6-18-21(22(25)30)27-20-4-2-3-19(28(18)20)23(31)26-13-24-10-15-7-16(11-24)9-17(8-15)12-24/h2-4,14-17,29H,5-13H2,1H3,(H2,25,30)(H,26,31). The SMILES string of the molecule is CC(O)CCc1c(C(N)=O)nc2cccc(C(=O)NCC34CC5CC(CC(C5)C3)C4)n12. The van der Waals surface area contributed by atoms with Crippen molar-refractivity contribution in [2.24, 2.45) is 28.9 Å². The van der Waals surface area contributed by atoms with Gasteiger partial charge in [0.25, 0.3) is 11.8 Å². The average Bonchev–Trinajstić information content (AvgIpc) is 3.08. The number of rotatable bonds is 7. The Kier molecular flexibility index (Phi) is 5.04. The maximum absolute atomic E-state index is 13.3. The summed E-state index contributed by atoms with van der Waals surface area (Å²) >= 11 is 0. The van der Waals surface area contributed by atoms with E-state index < -0.39 is 12.0 Å². The van der Waals surface area contributed by atoms with Crippen LogP contribution >= 0.6 is 0 Å². The molecule has 6 rings (SSSR count). The normalized spacial score (nSPS) is 29.9. The van der Waals surface area contributed by atoms with Crippen LogP contribution in [0, 0.1) is 23.2 Å². The molecular weight excluding hydrogens is 392 g/mol. The Morgan fingerprint density at radius 1 is 1.23 bits per heavy atom. The van der Waals surface area contributed by atoms with Crippen molar-refractivity contribution >= 4 is 17.5 Å². The highest BCUT2D eigenvalue weighted by Crippen LogP contribution is 2.59. The molecule has 2 aromatic rings. The topological polar surface area (TPSA) is 110 Å². The lowest BCUT2D eigenvalue weighted by Crippen LogP contribution is -2.51. The van der Waals surface area contributed by atoms with Gasteiger partial charge in [-0.1, -0.05) is 6.07 Å². The zero-order valence-electron chi connectivity index (χ0n) is 18.1. The predicted molar refractivity (Wildman–Crippen MR) is 117 cm³/mol. The highest BCUT2D eigenvalue weighted by Gasteiger charge is 2.50. The number of hydrogen-bond donors (Lipinski definition) is 3. The summed E-state index contributed by atoms with van der Waals surface area (Å²) < 4.78 is 1.73. The van der Waals surface area contributed by atoms with Gasteiger partial charge in [-0.15, -0.1) is 0 Å². The number of nitrogens with two attached hydrogens (primary N) is 1. The van der Waals surface area contributed by atoms with Crippen molar-refractivity contribution in [3.05, 3.63) is 35.3 Å². The molecule has 4 bridgehead atoms. The van der Waals surface area contributed by atoms with Crippen molar-refractivity contribution in [1.29, 1.82) is 0 Å². The first kappa shape index (κ1) is 20.5. The van der Waals surface area contributed by atoms with E-state index in [1.54, 1.807) is 29.5 Å². The summed E-state index contributed by atoms with van der Waals surface area (Å²) in [7, 11) is 0. The van der Waals surface area contributed by atoms with Crippen molar-refractivity contribution in [2.75, 3.05) is 6.54 Å². The molecule has 166 valence electrons. The van der Waals surface area contributed by atoms with Crippen molar-refractivity contribution in [1.82, 2.24) is 14.7 Å². The quantitative estimate of drug-likeness (QED) is 0.635. The summed E-state index contributed by atoms with van der Waals surface area (Å²) in [6.45, 7) is 2.42. The van der Waals surface area contributed by atoms with Crippen LogP contribution in [0.15, 0.2) is 18.2 Å². The van der Waals surface area contributed by atoms with Crippen molar-refractivity contribution in [3.63, 3.8) is 0 Å². The number of carbonyl (C=O) groups is 2. The highest BCUT2D eigenvalue weighted by atomic mass is 16.3. The molecule has 0 spiro atoms. The van der Waals surface area contributed by atoms with E-state index in [-0.39, 0.29) is 17.0 Å². The van der Waals surface area contributed by atoms with Crippen molar-refractivity contribution in [3.8, 4) is 0 Å². The molecule has 2 amide bonds. The number of nitrogens with zero attached hydrogens (tertiary/aromatic N) is 2. The number of fused-ring (bicyclic) bond motifs is 1. The molecule has 4 aliphatic rings. The van der Waals surface area contributed by atoms with Gasteiger partial charge in [0.1, 0.15) is 17.0 Å². The smallest absolute Gasteiger partial charge is 0.269 e. The van der Waals surface area contributed by atoms with Gasteiger partial charge >= 0.3 is 0 Å². The van der Waals surface area contributed by atoms with E-state index in [9.17, 15) is 14.7 Å². The van der Waals surface area contributed by atoms with Gasteiger partial charge in [-0.05, 0) is 93.6 Å². The fourth-order valence-corrected chi connectivity index (χ4v) is 6.97. The molecule has 4 fully saturated rings. The van der Waals surface area contributed by atoms with Crippen molar-refractivity contribution in [2.45, 2.75) is 64.4 Å². The molecule has 7 nitrogen and oxygen atoms in total. The molecule has 4 saturated carbocycles. The second-order valence-electron chi connectivity index (χ2n) is 10.4. The third-order valence-electron chi connectivity index (χ3n) is 7.79. The van der Waals surface area contributed by atoms with Gasteiger partial charge in [-0.2, -0.15) is 0 Å². The van der Waals surface area contributed by atoms with Gasteiger partial charge < -0.3 is 16.2 Å². The van der Waals surface area contributed by atoms with Crippen LogP contribution in [0.4, 0.5) is 0 Å². The molecule has 4 N–H and O–H groups in total. The van der Waals surface area contributed by atoms with Gasteiger partial charge in [0.15, 0.2) is 0 Å². The summed E-state index contributed by atoms with van der Waals surface area (Å²) in [5.74, 6) is 1.75. The molecule has 7 heteroatoms. The van der Waals surface area contributed by atoms with Gasteiger partial charge in [-0.25, -0.2) is 4.98 Å². The maximum Gasteiger partial charge on any atom is 0.269 e. The van der Waals surface area contributed by atoms with E-state index in [0.29, 0.717) is 36.4 Å². The zero-order valence-corrected chi connectivity index (χ0v) is 18.1. The van der Waals surface area contributed by atoms with Crippen LogP contribution in [-0.4, -0.2) is 39.0 Å². The minimum absolute atomic E-state index is 0.145. The average molecular weight is 425 g/mol. The number of carbonyl (C=O) groups excluding carboxylic acids is 2. The molecule has 2 aromatic heterocycles. The summed E-state index contributed by atoms with van der Waals surface area (Å²) in [5.41, 5.74) is 7.55. The molecule has 0 aromatic carbocycles. The first-order valence-corrected chi connectivity index (χ1v) is 11.6. The van der Waals surface area contributed by atoms with Crippen LogP contribution in [0.5, 0.6) is 0 Å². The predicted octanol–water partition coefficient (Wildman–Crippen LogP) is 2.69. The minimum Gasteiger partial charge on any atom is -0.393 e. The third-order valence-corrected chi connectivity index (χ3v) is 7.79. The molecule has 1 atom stereocenters. The number of nitrogens with one attached hydrogen (secondary N) is 1. The molecule has 4 aliphatic carbocycles. The number of primary amides is 1. The second kappa shape index (κ2) is 7.62. The van der Waals surface area contributed by atoms with E-state index in [4.69, 9.17) is 5.73 Å². The second-order valence-corrected chi connectivity index (χ2v) is 10.4. The number of pyridine rings is 1. The Labute approximate surface area is 182 Å².